The third-order valence-electron chi connectivity index (χ3n) is 6.48. The van der Waals surface area contributed by atoms with Crippen molar-refractivity contribution < 1.29 is 4.79 Å². The average Bonchev–Trinajstić information content (AvgIpc) is 3.25. The number of likely N-dealkylation sites (tertiary alicyclic amines) is 1. The van der Waals surface area contributed by atoms with Crippen molar-refractivity contribution in [3.8, 4) is 0 Å². The highest BCUT2D eigenvalue weighted by atomic mass is 35.5. The first kappa shape index (κ1) is 21.0. The van der Waals surface area contributed by atoms with Crippen molar-refractivity contribution in [2.75, 3.05) is 18.4 Å². The zero-order valence-corrected chi connectivity index (χ0v) is 18.9. The molecule has 7 heteroatoms. The Morgan fingerprint density at radius 2 is 1.91 bits per heavy atom. The minimum Gasteiger partial charge on any atom is -0.362 e. The van der Waals surface area contributed by atoms with Gasteiger partial charge in [-0.05, 0) is 50.2 Å². The van der Waals surface area contributed by atoms with Crippen LogP contribution in [0.4, 0.5) is 5.82 Å². The number of amides is 1. The summed E-state index contributed by atoms with van der Waals surface area (Å²) in [6.07, 6.45) is 10.0. The van der Waals surface area contributed by atoms with Crippen LogP contribution in [-0.4, -0.2) is 38.7 Å². The highest BCUT2D eigenvalue weighted by molar-refractivity contribution is 6.33. The van der Waals surface area contributed by atoms with Gasteiger partial charge in [-0.2, -0.15) is 5.10 Å². The number of aromatic nitrogens is 3. The number of anilines is 1. The Labute approximate surface area is 193 Å². The maximum absolute atomic E-state index is 12.8. The van der Waals surface area contributed by atoms with Crippen LogP contribution in [-0.2, 0) is 13.0 Å². The van der Waals surface area contributed by atoms with Crippen LogP contribution in [0.25, 0.3) is 0 Å². The molecule has 1 aliphatic carbocycles. The summed E-state index contributed by atoms with van der Waals surface area (Å²) >= 11 is 6.55. The number of fused-ring (bicyclic) bond motifs is 1. The largest absolute Gasteiger partial charge is 0.362 e. The second kappa shape index (κ2) is 9.33. The standard InChI is InChI=1S/C25H28ClN5O/c26-21-14-19(25(32)30-12-5-2-6-13-30)15-27-24(21)29-22-10-7-11-23-20(22)16-28-31(23)17-18-8-3-1-4-9-18/h1,3-4,8-9,14-16,22H,2,5-7,10-13,17H2,(H,27,29). The molecule has 1 atom stereocenters. The Kier molecular flexibility index (Phi) is 6.12. The lowest BCUT2D eigenvalue weighted by molar-refractivity contribution is 0.0724. The number of pyridine rings is 1. The number of nitrogens with one attached hydrogen (secondary N) is 1. The maximum Gasteiger partial charge on any atom is 0.255 e. The van der Waals surface area contributed by atoms with Gasteiger partial charge in [0.25, 0.3) is 5.91 Å². The molecule has 2 aliphatic rings. The molecule has 3 aromatic rings. The van der Waals surface area contributed by atoms with E-state index in [9.17, 15) is 4.79 Å². The molecule has 0 saturated carbocycles. The number of nitrogens with zero attached hydrogens (tertiary/aromatic N) is 4. The van der Waals surface area contributed by atoms with Crippen LogP contribution >= 0.6 is 11.6 Å². The van der Waals surface area contributed by atoms with Crippen LogP contribution < -0.4 is 5.32 Å². The molecule has 0 radical (unpaired) electrons. The predicted octanol–water partition coefficient (Wildman–Crippen LogP) is 5.10. The summed E-state index contributed by atoms with van der Waals surface area (Å²) < 4.78 is 2.11. The van der Waals surface area contributed by atoms with Crippen molar-refractivity contribution in [1.82, 2.24) is 19.7 Å². The zero-order valence-electron chi connectivity index (χ0n) is 18.1. The van der Waals surface area contributed by atoms with E-state index in [4.69, 9.17) is 11.6 Å². The zero-order chi connectivity index (χ0) is 21.9. The summed E-state index contributed by atoms with van der Waals surface area (Å²) in [7, 11) is 0. The number of rotatable bonds is 5. The molecule has 32 heavy (non-hydrogen) atoms. The van der Waals surface area contributed by atoms with Crippen LogP contribution in [0.3, 0.4) is 0 Å². The van der Waals surface area contributed by atoms with Crippen LogP contribution in [0.1, 0.15) is 65.3 Å². The van der Waals surface area contributed by atoms with E-state index in [0.717, 1.165) is 51.7 Å². The van der Waals surface area contributed by atoms with E-state index in [-0.39, 0.29) is 11.9 Å². The van der Waals surface area contributed by atoms with Gasteiger partial charge in [0, 0.05) is 30.5 Å². The summed E-state index contributed by atoms with van der Waals surface area (Å²) in [5.41, 5.74) is 4.28. The van der Waals surface area contributed by atoms with Crippen molar-refractivity contribution >= 4 is 23.3 Å². The monoisotopic (exact) mass is 449 g/mol. The molecule has 1 aliphatic heterocycles. The lowest BCUT2D eigenvalue weighted by atomic mass is 9.93. The Morgan fingerprint density at radius 3 is 2.69 bits per heavy atom. The lowest BCUT2D eigenvalue weighted by Gasteiger charge is -2.27. The summed E-state index contributed by atoms with van der Waals surface area (Å²) in [5, 5.41) is 8.66. The Hall–Kier alpha value is -2.86. The quantitative estimate of drug-likeness (QED) is 0.588. The lowest BCUT2D eigenvalue weighted by Crippen LogP contribution is -2.35. The van der Waals surface area contributed by atoms with E-state index < -0.39 is 0 Å². The Balaban J connectivity index is 1.31. The molecule has 0 spiro atoms. The van der Waals surface area contributed by atoms with E-state index in [1.54, 1.807) is 12.3 Å². The SMILES string of the molecule is O=C(c1cnc(NC2CCCc3c2cnn3Cc2ccccc2)c(Cl)c1)N1CCCCC1. The molecule has 1 fully saturated rings. The highest BCUT2D eigenvalue weighted by Gasteiger charge is 2.26. The fourth-order valence-corrected chi connectivity index (χ4v) is 4.99. The van der Waals surface area contributed by atoms with Gasteiger partial charge in [0.1, 0.15) is 5.82 Å². The molecule has 1 amide bonds. The fraction of sp³-hybridized carbons (Fsp3) is 0.400. The molecule has 3 heterocycles. The number of carbonyl (C=O) groups excluding carboxylic acids is 1. The molecule has 1 N–H and O–H groups in total. The summed E-state index contributed by atoms with van der Waals surface area (Å²) in [6.45, 7) is 2.40. The van der Waals surface area contributed by atoms with E-state index in [1.165, 1.54) is 23.2 Å². The molecule has 166 valence electrons. The maximum atomic E-state index is 12.8. The number of piperidine rings is 1. The van der Waals surface area contributed by atoms with Gasteiger partial charge >= 0.3 is 0 Å². The van der Waals surface area contributed by atoms with Crippen molar-refractivity contribution in [1.29, 1.82) is 0 Å². The normalized spacial score (nSPS) is 18.3. The fourth-order valence-electron chi connectivity index (χ4n) is 4.77. The van der Waals surface area contributed by atoms with Gasteiger partial charge in [-0.25, -0.2) is 4.98 Å². The first-order chi connectivity index (χ1) is 15.7. The predicted molar refractivity (Wildman–Crippen MR) is 126 cm³/mol. The average molecular weight is 450 g/mol. The molecule has 5 rings (SSSR count). The van der Waals surface area contributed by atoms with E-state index in [2.05, 4.69) is 44.3 Å². The van der Waals surface area contributed by atoms with Crippen molar-refractivity contribution in [2.24, 2.45) is 0 Å². The molecular weight excluding hydrogens is 422 g/mol. The highest BCUT2D eigenvalue weighted by Crippen LogP contribution is 2.34. The number of carbonyl (C=O) groups is 1. The first-order valence-electron chi connectivity index (χ1n) is 11.5. The van der Waals surface area contributed by atoms with Crippen molar-refractivity contribution in [2.45, 2.75) is 51.1 Å². The second-order valence-electron chi connectivity index (χ2n) is 8.69. The van der Waals surface area contributed by atoms with Gasteiger partial charge in [0.05, 0.1) is 29.4 Å². The van der Waals surface area contributed by atoms with Gasteiger partial charge < -0.3 is 10.2 Å². The molecule has 6 nitrogen and oxygen atoms in total. The van der Waals surface area contributed by atoms with Gasteiger partial charge in [-0.3, -0.25) is 9.48 Å². The minimum absolute atomic E-state index is 0.0211. The second-order valence-corrected chi connectivity index (χ2v) is 9.09. The molecule has 0 bridgehead atoms. The molecule has 1 aromatic carbocycles. The van der Waals surface area contributed by atoms with Gasteiger partial charge in [0.2, 0.25) is 0 Å². The number of benzene rings is 1. The van der Waals surface area contributed by atoms with E-state index in [0.29, 0.717) is 16.4 Å². The van der Waals surface area contributed by atoms with Gasteiger partial charge in [0.15, 0.2) is 0 Å². The molecular formula is C25H28ClN5O. The summed E-state index contributed by atoms with van der Waals surface area (Å²) in [5.74, 6) is 0.642. The van der Waals surface area contributed by atoms with Crippen molar-refractivity contribution in [3.63, 3.8) is 0 Å². The van der Waals surface area contributed by atoms with E-state index >= 15 is 0 Å². The van der Waals surface area contributed by atoms with Crippen molar-refractivity contribution in [3.05, 3.63) is 76.2 Å². The van der Waals surface area contributed by atoms with Gasteiger partial charge in [-0.15, -0.1) is 0 Å². The van der Waals surface area contributed by atoms with Crippen LogP contribution in [0.5, 0.6) is 0 Å². The van der Waals surface area contributed by atoms with Gasteiger partial charge in [-0.1, -0.05) is 41.9 Å². The van der Waals surface area contributed by atoms with Crippen LogP contribution in [0.15, 0.2) is 48.8 Å². The number of hydrogen-bond acceptors (Lipinski definition) is 4. The number of hydrogen-bond donors (Lipinski definition) is 1. The van der Waals surface area contributed by atoms with Crippen LogP contribution in [0.2, 0.25) is 5.02 Å². The molecule has 1 unspecified atom stereocenters. The third-order valence-corrected chi connectivity index (χ3v) is 6.77. The Morgan fingerprint density at radius 1 is 1.09 bits per heavy atom. The molecule has 2 aromatic heterocycles. The third kappa shape index (κ3) is 4.37. The van der Waals surface area contributed by atoms with Crippen LogP contribution in [0, 0.1) is 0 Å². The Bertz CT molecular complexity index is 1090. The summed E-state index contributed by atoms with van der Waals surface area (Å²) in [4.78, 5) is 19.2. The smallest absolute Gasteiger partial charge is 0.255 e. The topological polar surface area (TPSA) is 63.1 Å². The molecule has 1 saturated heterocycles. The van der Waals surface area contributed by atoms with E-state index in [1.807, 2.05) is 17.2 Å². The summed E-state index contributed by atoms with van der Waals surface area (Å²) in [6, 6.07) is 12.3. The first-order valence-corrected chi connectivity index (χ1v) is 11.9. The number of halogens is 1. The minimum atomic E-state index is 0.0211.